The molecule has 0 rings (SSSR count). The van der Waals surface area contributed by atoms with Crippen LogP contribution in [-0.4, -0.2) is 35.7 Å². The van der Waals surface area contributed by atoms with Crippen LogP contribution in [0.25, 0.3) is 0 Å². The summed E-state index contributed by atoms with van der Waals surface area (Å²) in [6, 6.07) is 0. The van der Waals surface area contributed by atoms with Crippen molar-refractivity contribution in [2.75, 3.05) is 20.1 Å². The zero-order chi connectivity index (χ0) is 9.78. The lowest BCUT2D eigenvalue weighted by molar-refractivity contribution is 0.0450. The minimum Gasteiger partial charge on any atom is -0.389 e. The second kappa shape index (κ2) is 4.63. The SMILES string of the molecule is C=C(C)CCN(C)CC(C)(C)O. The number of hydrogen-bond acceptors (Lipinski definition) is 2. The fourth-order valence-corrected chi connectivity index (χ4v) is 1.12. The molecule has 0 aromatic heterocycles. The Morgan fingerprint density at radius 3 is 2.33 bits per heavy atom. The van der Waals surface area contributed by atoms with Gasteiger partial charge in [-0.3, -0.25) is 0 Å². The molecule has 0 saturated carbocycles. The van der Waals surface area contributed by atoms with Gasteiger partial charge in [-0.1, -0.05) is 5.57 Å². The van der Waals surface area contributed by atoms with E-state index < -0.39 is 5.60 Å². The molecule has 0 spiro atoms. The second-order valence-electron chi connectivity index (χ2n) is 4.26. The maximum Gasteiger partial charge on any atom is 0.0718 e. The standard InChI is InChI=1S/C10H21NO/c1-9(2)6-7-11(5)8-10(3,4)12/h12H,1,6-8H2,2-5H3. The number of likely N-dealkylation sites (N-methyl/N-ethyl adjacent to an activating group) is 1. The third-order valence-corrected chi connectivity index (χ3v) is 1.58. The van der Waals surface area contributed by atoms with Crippen molar-refractivity contribution in [3.8, 4) is 0 Å². The first kappa shape index (κ1) is 11.7. The van der Waals surface area contributed by atoms with E-state index in [1.165, 1.54) is 5.57 Å². The largest absolute Gasteiger partial charge is 0.389 e. The van der Waals surface area contributed by atoms with E-state index in [1.807, 2.05) is 27.8 Å². The van der Waals surface area contributed by atoms with Crippen LogP contribution in [0, 0.1) is 0 Å². The molecule has 0 atom stereocenters. The van der Waals surface area contributed by atoms with Crippen molar-refractivity contribution in [3.05, 3.63) is 12.2 Å². The van der Waals surface area contributed by atoms with Crippen LogP contribution in [0.2, 0.25) is 0 Å². The van der Waals surface area contributed by atoms with Gasteiger partial charge in [0.2, 0.25) is 0 Å². The van der Waals surface area contributed by atoms with Gasteiger partial charge in [0.05, 0.1) is 5.60 Å². The van der Waals surface area contributed by atoms with Crippen molar-refractivity contribution in [2.24, 2.45) is 0 Å². The van der Waals surface area contributed by atoms with Gasteiger partial charge in [0.15, 0.2) is 0 Å². The Morgan fingerprint density at radius 2 is 2.00 bits per heavy atom. The molecule has 0 fully saturated rings. The lowest BCUT2D eigenvalue weighted by atomic mass is 10.1. The number of rotatable bonds is 5. The molecule has 1 N–H and O–H groups in total. The highest BCUT2D eigenvalue weighted by Crippen LogP contribution is 2.04. The average molecular weight is 171 g/mol. The van der Waals surface area contributed by atoms with E-state index in [0.29, 0.717) is 6.54 Å². The Bertz CT molecular complexity index is 146. The molecule has 0 unspecified atom stereocenters. The minimum atomic E-state index is -0.593. The van der Waals surface area contributed by atoms with Crippen LogP contribution in [0.3, 0.4) is 0 Å². The van der Waals surface area contributed by atoms with E-state index in [-0.39, 0.29) is 0 Å². The van der Waals surface area contributed by atoms with Gasteiger partial charge in [-0.25, -0.2) is 0 Å². The first-order valence-electron chi connectivity index (χ1n) is 4.36. The molecule has 12 heavy (non-hydrogen) atoms. The molecule has 0 aliphatic rings. The molecule has 2 heteroatoms. The summed E-state index contributed by atoms with van der Waals surface area (Å²) < 4.78 is 0. The fraction of sp³-hybridized carbons (Fsp3) is 0.800. The summed E-state index contributed by atoms with van der Waals surface area (Å²) in [5.74, 6) is 0. The van der Waals surface area contributed by atoms with Crippen molar-refractivity contribution in [1.29, 1.82) is 0 Å². The summed E-state index contributed by atoms with van der Waals surface area (Å²) in [5, 5.41) is 9.49. The van der Waals surface area contributed by atoms with Gasteiger partial charge in [0, 0.05) is 13.1 Å². The molecule has 0 aromatic rings. The molecule has 72 valence electrons. The highest BCUT2D eigenvalue weighted by molar-refractivity contribution is 4.88. The zero-order valence-corrected chi connectivity index (χ0v) is 8.72. The van der Waals surface area contributed by atoms with Crippen LogP contribution in [-0.2, 0) is 0 Å². The first-order valence-corrected chi connectivity index (χ1v) is 4.36. The molecule has 0 amide bonds. The molecule has 0 radical (unpaired) electrons. The van der Waals surface area contributed by atoms with E-state index in [4.69, 9.17) is 0 Å². The Hall–Kier alpha value is -0.340. The van der Waals surface area contributed by atoms with Gasteiger partial charge in [0.1, 0.15) is 0 Å². The van der Waals surface area contributed by atoms with Gasteiger partial charge in [-0.05, 0) is 34.2 Å². The van der Waals surface area contributed by atoms with Crippen LogP contribution in [0.1, 0.15) is 27.2 Å². The summed E-state index contributed by atoms with van der Waals surface area (Å²) in [5.41, 5.74) is 0.599. The van der Waals surface area contributed by atoms with Crippen molar-refractivity contribution in [2.45, 2.75) is 32.8 Å². The molecule has 0 aliphatic carbocycles. The Balaban J connectivity index is 3.60. The topological polar surface area (TPSA) is 23.5 Å². The number of aliphatic hydroxyl groups is 1. The number of nitrogens with zero attached hydrogens (tertiary/aromatic N) is 1. The third kappa shape index (κ3) is 7.76. The summed E-state index contributed by atoms with van der Waals surface area (Å²) in [7, 11) is 2.01. The molecule has 0 heterocycles. The monoisotopic (exact) mass is 171 g/mol. The normalized spacial score (nSPS) is 12.2. The van der Waals surface area contributed by atoms with Crippen LogP contribution in [0.4, 0.5) is 0 Å². The molecule has 0 aliphatic heterocycles. The molecule has 0 aromatic carbocycles. The van der Waals surface area contributed by atoms with Gasteiger partial charge in [0.25, 0.3) is 0 Å². The summed E-state index contributed by atoms with van der Waals surface area (Å²) >= 11 is 0. The fourth-order valence-electron chi connectivity index (χ4n) is 1.12. The summed E-state index contributed by atoms with van der Waals surface area (Å²) in [4.78, 5) is 2.12. The van der Waals surface area contributed by atoms with Crippen molar-refractivity contribution in [3.63, 3.8) is 0 Å². The van der Waals surface area contributed by atoms with Crippen LogP contribution in [0.5, 0.6) is 0 Å². The Kier molecular flexibility index (Phi) is 4.50. The van der Waals surface area contributed by atoms with Gasteiger partial charge in [-0.15, -0.1) is 6.58 Å². The molecular weight excluding hydrogens is 150 g/mol. The van der Waals surface area contributed by atoms with E-state index in [9.17, 15) is 5.11 Å². The maximum atomic E-state index is 9.49. The second-order valence-corrected chi connectivity index (χ2v) is 4.26. The Labute approximate surface area is 75.9 Å². The van der Waals surface area contributed by atoms with Crippen LogP contribution < -0.4 is 0 Å². The van der Waals surface area contributed by atoms with E-state index in [0.717, 1.165) is 13.0 Å². The smallest absolute Gasteiger partial charge is 0.0718 e. The molecule has 0 bridgehead atoms. The number of hydrogen-bond donors (Lipinski definition) is 1. The lowest BCUT2D eigenvalue weighted by Crippen LogP contribution is -2.36. The lowest BCUT2D eigenvalue weighted by Gasteiger charge is -2.25. The third-order valence-electron chi connectivity index (χ3n) is 1.58. The highest BCUT2D eigenvalue weighted by Gasteiger charge is 2.14. The van der Waals surface area contributed by atoms with Crippen LogP contribution >= 0.6 is 0 Å². The molecular formula is C10H21NO. The molecule has 2 nitrogen and oxygen atoms in total. The van der Waals surface area contributed by atoms with Crippen LogP contribution in [0.15, 0.2) is 12.2 Å². The van der Waals surface area contributed by atoms with E-state index >= 15 is 0 Å². The van der Waals surface area contributed by atoms with E-state index in [1.54, 1.807) is 0 Å². The zero-order valence-electron chi connectivity index (χ0n) is 8.72. The molecule has 0 saturated heterocycles. The van der Waals surface area contributed by atoms with Crippen molar-refractivity contribution >= 4 is 0 Å². The predicted octanol–water partition coefficient (Wildman–Crippen LogP) is 1.66. The summed E-state index contributed by atoms with van der Waals surface area (Å²) in [6.07, 6.45) is 1.01. The Morgan fingerprint density at radius 1 is 1.50 bits per heavy atom. The minimum absolute atomic E-state index is 0.593. The summed E-state index contributed by atoms with van der Waals surface area (Å²) in [6.45, 7) is 11.2. The quantitative estimate of drug-likeness (QED) is 0.636. The van der Waals surface area contributed by atoms with Gasteiger partial charge >= 0.3 is 0 Å². The van der Waals surface area contributed by atoms with Crippen molar-refractivity contribution in [1.82, 2.24) is 4.90 Å². The van der Waals surface area contributed by atoms with Crippen molar-refractivity contribution < 1.29 is 5.11 Å². The maximum absolute atomic E-state index is 9.49. The average Bonchev–Trinajstić information content (AvgIpc) is 1.79. The predicted molar refractivity (Wildman–Crippen MR) is 53.2 cm³/mol. The van der Waals surface area contributed by atoms with E-state index in [2.05, 4.69) is 11.5 Å². The first-order chi connectivity index (χ1) is 5.31. The van der Waals surface area contributed by atoms with Gasteiger partial charge < -0.3 is 10.0 Å². The van der Waals surface area contributed by atoms with Gasteiger partial charge in [-0.2, -0.15) is 0 Å². The highest BCUT2D eigenvalue weighted by atomic mass is 16.3.